The Labute approximate surface area is 221 Å². The summed E-state index contributed by atoms with van der Waals surface area (Å²) < 4.78 is 0. The Balaban J connectivity index is 1.92. The summed E-state index contributed by atoms with van der Waals surface area (Å²) in [5.41, 5.74) is 11.3. The quantitative estimate of drug-likeness (QED) is 0.279. The van der Waals surface area contributed by atoms with Gasteiger partial charge in [0.2, 0.25) is 0 Å². The maximum atomic E-state index is 4.42. The van der Waals surface area contributed by atoms with Crippen LogP contribution in [0.2, 0.25) is 0 Å². The van der Waals surface area contributed by atoms with Crippen LogP contribution in [0.1, 0.15) is 107 Å². The van der Waals surface area contributed by atoms with Crippen molar-refractivity contribution in [2.24, 2.45) is 11.3 Å². The second kappa shape index (κ2) is 11.8. The topological polar surface area (TPSA) is 12.9 Å². The second-order valence-electron chi connectivity index (χ2n) is 12.1. The maximum Gasteiger partial charge on any atom is 0.0346 e. The third kappa shape index (κ3) is 6.10. The molecule has 2 aromatic carbocycles. The summed E-state index contributed by atoms with van der Waals surface area (Å²) in [4.78, 5) is 4.42. The average molecular weight is 484 g/mol. The summed E-state index contributed by atoms with van der Waals surface area (Å²) in [6.07, 6.45) is 11.1. The van der Waals surface area contributed by atoms with Crippen molar-refractivity contribution in [1.82, 2.24) is 4.98 Å². The van der Waals surface area contributed by atoms with Crippen molar-refractivity contribution in [3.8, 4) is 11.1 Å². The van der Waals surface area contributed by atoms with Crippen LogP contribution in [0.5, 0.6) is 0 Å². The van der Waals surface area contributed by atoms with Gasteiger partial charge >= 0.3 is 0 Å². The van der Waals surface area contributed by atoms with Crippen LogP contribution in [0.25, 0.3) is 11.1 Å². The third-order valence-electron chi connectivity index (χ3n) is 8.69. The van der Waals surface area contributed by atoms with E-state index in [1.807, 2.05) is 12.4 Å². The molecule has 0 N–H and O–H groups in total. The van der Waals surface area contributed by atoms with Gasteiger partial charge in [-0.15, -0.1) is 0 Å². The fraction of sp³-hybridized carbons (Fsp3) is 0.514. The monoisotopic (exact) mass is 483 g/mol. The molecular weight excluding hydrogens is 434 g/mol. The first kappa shape index (κ1) is 28.2. The van der Waals surface area contributed by atoms with E-state index < -0.39 is 0 Å². The predicted molar refractivity (Wildman–Crippen MR) is 158 cm³/mol. The lowest BCUT2D eigenvalue weighted by Crippen LogP contribution is -2.26. The summed E-state index contributed by atoms with van der Waals surface area (Å²) in [7, 11) is 0. The summed E-state index contributed by atoms with van der Waals surface area (Å²) in [6, 6.07) is 16.7. The molecule has 0 fully saturated rings. The average Bonchev–Trinajstić information content (AvgIpc) is 2.83. The molecule has 0 aliphatic carbocycles. The fourth-order valence-electron chi connectivity index (χ4n) is 6.18. The van der Waals surface area contributed by atoms with E-state index in [4.69, 9.17) is 0 Å². The number of hydrogen-bond acceptors (Lipinski definition) is 1. The Morgan fingerprint density at radius 2 is 1.39 bits per heavy atom. The van der Waals surface area contributed by atoms with Crippen molar-refractivity contribution in [1.29, 1.82) is 0 Å². The molecule has 0 amide bonds. The molecule has 0 aliphatic heterocycles. The van der Waals surface area contributed by atoms with Gasteiger partial charge in [0.15, 0.2) is 0 Å². The van der Waals surface area contributed by atoms with Gasteiger partial charge in [0, 0.05) is 23.4 Å². The van der Waals surface area contributed by atoms with Crippen LogP contribution in [0.15, 0.2) is 54.9 Å². The summed E-state index contributed by atoms with van der Waals surface area (Å²) in [5, 5.41) is 0. The maximum absolute atomic E-state index is 4.42. The van der Waals surface area contributed by atoms with E-state index in [-0.39, 0.29) is 5.41 Å². The molecule has 0 bridgehead atoms. The number of rotatable bonds is 10. The second-order valence-corrected chi connectivity index (χ2v) is 12.1. The van der Waals surface area contributed by atoms with E-state index in [2.05, 4.69) is 110 Å². The van der Waals surface area contributed by atoms with Crippen molar-refractivity contribution < 1.29 is 0 Å². The van der Waals surface area contributed by atoms with Crippen LogP contribution in [-0.2, 0) is 11.8 Å². The molecule has 36 heavy (non-hydrogen) atoms. The van der Waals surface area contributed by atoms with Gasteiger partial charge in [-0.3, -0.25) is 4.98 Å². The predicted octanol–water partition coefficient (Wildman–Crippen LogP) is 10.2. The molecule has 0 radical (unpaired) electrons. The smallest absolute Gasteiger partial charge is 0.0346 e. The normalized spacial score (nSPS) is 13.1. The molecule has 1 heteroatoms. The summed E-state index contributed by atoms with van der Waals surface area (Å²) in [6.45, 7) is 20.9. The Morgan fingerprint density at radius 3 is 1.92 bits per heavy atom. The first-order chi connectivity index (χ1) is 17.1. The van der Waals surface area contributed by atoms with Gasteiger partial charge in [-0.1, -0.05) is 90.8 Å². The molecule has 1 aromatic heterocycles. The molecule has 1 unspecified atom stereocenters. The molecule has 0 spiro atoms. The lowest BCUT2D eigenvalue weighted by atomic mass is 9.69. The van der Waals surface area contributed by atoms with Crippen LogP contribution in [0, 0.1) is 32.1 Å². The molecule has 194 valence electrons. The minimum atomic E-state index is 0.0353. The van der Waals surface area contributed by atoms with Crippen molar-refractivity contribution in [3.63, 3.8) is 0 Å². The van der Waals surface area contributed by atoms with Crippen LogP contribution in [0.4, 0.5) is 0 Å². The highest BCUT2D eigenvalue weighted by atomic mass is 14.6. The first-order valence-corrected chi connectivity index (χ1v) is 14.2. The van der Waals surface area contributed by atoms with Gasteiger partial charge in [0.25, 0.3) is 0 Å². The lowest BCUT2D eigenvalue weighted by molar-refractivity contribution is 0.210. The van der Waals surface area contributed by atoms with Crippen LogP contribution >= 0.6 is 0 Å². The largest absolute Gasteiger partial charge is 0.264 e. The van der Waals surface area contributed by atoms with Gasteiger partial charge in [-0.05, 0) is 103 Å². The van der Waals surface area contributed by atoms with Gasteiger partial charge in [0.1, 0.15) is 0 Å². The highest BCUT2D eigenvalue weighted by Crippen LogP contribution is 2.41. The van der Waals surface area contributed by atoms with E-state index in [0.29, 0.717) is 5.41 Å². The van der Waals surface area contributed by atoms with Crippen LogP contribution in [0.3, 0.4) is 0 Å². The van der Waals surface area contributed by atoms with Crippen molar-refractivity contribution in [3.05, 3.63) is 88.2 Å². The van der Waals surface area contributed by atoms with E-state index in [1.54, 1.807) is 0 Å². The Kier molecular flexibility index (Phi) is 9.20. The molecule has 0 saturated carbocycles. The Bertz CT molecular complexity index is 1140. The first-order valence-electron chi connectivity index (χ1n) is 14.2. The zero-order valence-corrected chi connectivity index (χ0v) is 24.5. The van der Waals surface area contributed by atoms with Gasteiger partial charge in [0.05, 0.1) is 0 Å². The van der Waals surface area contributed by atoms with Gasteiger partial charge in [-0.2, -0.15) is 0 Å². The Hall–Kier alpha value is -2.41. The van der Waals surface area contributed by atoms with Crippen LogP contribution in [-0.4, -0.2) is 4.98 Å². The fourth-order valence-corrected chi connectivity index (χ4v) is 6.18. The van der Waals surface area contributed by atoms with Crippen molar-refractivity contribution in [2.75, 3.05) is 0 Å². The van der Waals surface area contributed by atoms with Gasteiger partial charge in [-0.25, -0.2) is 0 Å². The minimum Gasteiger partial charge on any atom is -0.264 e. The highest BCUT2D eigenvalue weighted by Gasteiger charge is 2.31. The molecule has 1 nitrogen and oxygen atoms in total. The zero-order valence-electron chi connectivity index (χ0n) is 24.5. The summed E-state index contributed by atoms with van der Waals surface area (Å²) >= 11 is 0. The molecular formula is C35H49N. The van der Waals surface area contributed by atoms with E-state index in [1.165, 1.54) is 70.2 Å². The van der Waals surface area contributed by atoms with Crippen molar-refractivity contribution >= 4 is 0 Å². The lowest BCUT2D eigenvalue weighted by Gasteiger charge is -2.35. The van der Waals surface area contributed by atoms with Crippen LogP contribution < -0.4 is 0 Å². The van der Waals surface area contributed by atoms with Gasteiger partial charge < -0.3 is 0 Å². The highest BCUT2D eigenvalue weighted by molar-refractivity contribution is 5.68. The number of pyridine rings is 1. The SMILES string of the molecule is CCCC(CCc1ccc(C(CC)(CC)c2ccc(-c3cncc(C)c3)c(C)c2)cc1C)C(C)(C)C. The number of aryl methyl sites for hydroxylation is 4. The van der Waals surface area contributed by atoms with E-state index in [9.17, 15) is 0 Å². The number of nitrogens with zero attached hydrogens (tertiary/aromatic N) is 1. The molecule has 0 saturated heterocycles. The van der Waals surface area contributed by atoms with Crippen molar-refractivity contribution in [2.45, 2.75) is 106 Å². The molecule has 1 heterocycles. The zero-order chi connectivity index (χ0) is 26.5. The molecule has 1 atom stereocenters. The number of hydrogen-bond donors (Lipinski definition) is 0. The van der Waals surface area contributed by atoms with E-state index >= 15 is 0 Å². The molecule has 3 rings (SSSR count). The number of benzene rings is 2. The third-order valence-corrected chi connectivity index (χ3v) is 8.69. The minimum absolute atomic E-state index is 0.0353. The summed E-state index contributed by atoms with van der Waals surface area (Å²) in [5.74, 6) is 0.775. The molecule has 0 aliphatic rings. The molecule has 3 aromatic rings. The standard InChI is InChI=1S/C35H49N/c1-10-13-30(34(7,8)9)16-14-28-15-17-31(21-26(28)5)35(11-2,12-3)32-18-19-33(27(6)22-32)29-20-25(4)23-36-24-29/h15,17-24,30H,10-14,16H2,1-9H3. The Morgan fingerprint density at radius 1 is 0.750 bits per heavy atom. The number of aromatic nitrogens is 1. The van der Waals surface area contributed by atoms with E-state index in [0.717, 1.165) is 18.8 Å².